The van der Waals surface area contributed by atoms with E-state index in [0.29, 0.717) is 27.6 Å². The molecular formula is C28H30Cl2FN3O4S. The fourth-order valence-corrected chi connectivity index (χ4v) is 5.38. The first-order valence-electron chi connectivity index (χ1n) is 12.3. The van der Waals surface area contributed by atoms with E-state index in [2.05, 4.69) is 10.0 Å². The smallest absolute Gasteiger partial charge is 0.242 e. The summed E-state index contributed by atoms with van der Waals surface area (Å²) in [6.45, 7) is 3.86. The summed E-state index contributed by atoms with van der Waals surface area (Å²) >= 11 is 12.1. The van der Waals surface area contributed by atoms with E-state index < -0.39 is 21.9 Å². The third-order valence-electron chi connectivity index (χ3n) is 6.10. The molecular weight excluding hydrogens is 564 g/mol. The van der Waals surface area contributed by atoms with Crippen molar-refractivity contribution in [3.05, 3.63) is 99.3 Å². The number of hydrogen-bond acceptors (Lipinski definition) is 4. The van der Waals surface area contributed by atoms with Crippen molar-refractivity contribution < 1.29 is 22.4 Å². The second-order valence-electron chi connectivity index (χ2n) is 8.92. The van der Waals surface area contributed by atoms with Gasteiger partial charge >= 0.3 is 0 Å². The highest BCUT2D eigenvalue weighted by molar-refractivity contribution is 7.89. The van der Waals surface area contributed by atoms with Crippen molar-refractivity contribution in [3.8, 4) is 0 Å². The van der Waals surface area contributed by atoms with E-state index >= 15 is 0 Å². The molecule has 2 N–H and O–H groups in total. The molecule has 0 fully saturated rings. The number of carbonyl (C=O) groups excluding carboxylic acids is 2. The van der Waals surface area contributed by atoms with Crippen LogP contribution in [0.2, 0.25) is 10.0 Å². The van der Waals surface area contributed by atoms with Gasteiger partial charge in [0.25, 0.3) is 0 Å². The Labute approximate surface area is 238 Å². The van der Waals surface area contributed by atoms with Crippen LogP contribution in [0.25, 0.3) is 0 Å². The highest BCUT2D eigenvalue weighted by Gasteiger charge is 2.26. The molecule has 0 bridgehead atoms. The number of nitrogens with zero attached hydrogens (tertiary/aromatic N) is 1. The van der Waals surface area contributed by atoms with Crippen LogP contribution in [0.1, 0.15) is 37.0 Å². The van der Waals surface area contributed by atoms with Gasteiger partial charge in [-0.15, -0.1) is 0 Å². The SMILES string of the molecule is CCNS(=O)(=O)c1ccc(CCC(=O)N(Cc2ccc(F)cc2)[C@@H](C)C(=O)NCc2ccc(Cl)cc2Cl)cc1. The number of halogens is 3. The molecule has 0 radical (unpaired) electrons. The average Bonchev–Trinajstić information content (AvgIpc) is 2.90. The second-order valence-corrected chi connectivity index (χ2v) is 11.5. The van der Waals surface area contributed by atoms with E-state index in [-0.39, 0.29) is 42.8 Å². The lowest BCUT2D eigenvalue weighted by atomic mass is 10.1. The topological polar surface area (TPSA) is 95.6 Å². The minimum absolute atomic E-state index is 0.0845. The fourth-order valence-electron chi connectivity index (χ4n) is 3.87. The molecule has 0 saturated carbocycles. The van der Waals surface area contributed by atoms with Crippen LogP contribution >= 0.6 is 23.2 Å². The Morgan fingerprint density at radius 2 is 1.62 bits per heavy atom. The zero-order valence-corrected chi connectivity index (χ0v) is 23.9. The standard InChI is InChI=1S/C28H30Cl2FN3O4S/c1-3-33-39(37,38)25-13-6-20(7-14-25)8-15-27(35)34(18-21-4-11-24(31)12-5-21)19(2)28(36)32-17-22-9-10-23(29)16-26(22)30/h4-7,9-14,16,19,33H,3,8,15,17-18H2,1-2H3,(H,32,36)/t19-/m0/s1. The molecule has 0 saturated heterocycles. The van der Waals surface area contributed by atoms with Crippen LogP contribution in [0.3, 0.4) is 0 Å². The number of nitrogens with one attached hydrogen (secondary N) is 2. The van der Waals surface area contributed by atoms with Crippen molar-refractivity contribution in [3.63, 3.8) is 0 Å². The Kier molecular flexibility index (Phi) is 10.9. The molecule has 0 unspecified atom stereocenters. The van der Waals surface area contributed by atoms with Gasteiger partial charge in [0.15, 0.2) is 0 Å². The van der Waals surface area contributed by atoms with Crippen molar-refractivity contribution in [2.24, 2.45) is 0 Å². The van der Waals surface area contributed by atoms with Crippen LogP contribution in [0.15, 0.2) is 71.6 Å². The summed E-state index contributed by atoms with van der Waals surface area (Å²) < 4.78 is 40.2. The van der Waals surface area contributed by atoms with E-state index in [4.69, 9.17) is 23.2 Å². The van der Waals surface area contributed by atoms with Crippen LogP contribution in [-0.4, -0.2) is 37.7 Å². The van der Waals surface area contributed by atoms with E-state index in [9.17, 15) is 22.4 Å². The van der Waals surface area contributed by atoms with Crippen LogP contribution in [0, 0.1) is 5.82 Å². The number of carbonyl (C=O) groups is 2. The summed E-state index contributed by atoms with van der Waals surface area (Å²) in [5, 5.41) is 3.71. The molecule has 2 amide bonds. The highest BCUT2D eigenvalue weighted by atomic mass is 35.5. The van der Waals surface area contributed by atoms with E-state index in [1.54, 1.807) is 56.3 Å². The summed E-state index contributed by atoms with van der Waals surface area (Å²) in [6.07, 6.45) is 0.427. The lowest BCUT2D eigenvalue weighted by Crippen LogP contribution is -2.47. The maximum absolute atomic E-state index is 13.4. The Bertz CT molecular complexity index is 1400. The minimum atomic E-state index is -3.57. The average molecular weight is 595 g/mol. The lowest BCUT2D eigenvalue weighted by Gasteiger charge is -2.29. The largest absolute Gasteiger partial charge is 0.350 e. The summed E-state index contributed by atoms with van der Waals surface area (Å²) in [4.78, 5) is 28.0. The summed E-state index contributed by atoms with van der Waals surface area (Å²) in [5.41, 5.74) is 2.12. The first kappa shape index (κ1) is 30.6. The molecule has 3 aromatic carbocycles. The van der Waals surface area contributed by atoms with Gasteiger partial charge in [-0.2, -0.15) is 0 Å². The van der Waals surface area contributed by atoms with E-state index in [1.165, 1.54) is 29.2 Å². The molecule has 0 aromatic heterocycles. The molecule has 0 aliphatic carbocycles. The van der Waals surface area contributed by atoms with Gasteiger partial charge in [-0.1, -0.05) is 60.5 Å². The number of aryl methyl sites for hydroxylation is 1. The lowest BCUT2D eigenvalue weighted by molar-refractivity contribution is -0.140. The third kappa shape index (κ3) is 8.76. The predicted molar refractivity (Wildman–Crippen MR) is 150 cm³/mol. The van der Waals surface area contributed by atoms with Crippen LogP contribution in [-0.2, 0) is 39.1 Å². The van der Waals surface area contributed by atoms with Crippen LogP contribution < -0.4 is 10.0 Å². The number of sulfonamides is 1. The maximum atomic E-state index is 13.4. The predicted octanol–water partition coefficient (Wildman–Crippen LogP) is 5.10. The van der Waals surface area contributed by atoms with Crippen molar-refractivity contribution in [1.29, 1.82) is 0 Å². The van der Waals surface area contributed by atoms with E-state index in [0.717, 1.165) is 5.56 Å². The molecule has 39 heavy (non-hydrogen) atoms. The van der Waals surface area contributed by atoms with Gasteiger partial charge in [-0.3, -0.25) is 9.59 Å². The Balaban J connectivity index is 1.71. The molecule has 3 rings (SSSR count). The zero-order chi connectivity index (χ0) is 28.6. The van der Waals surface area contributed by atoms with Gasteiger partial charge in [0.1, 0.15) is 11.9 Å². The van der Waals surface area contributed by atoms with E-state index in [1.807, 2.05) is 0 Å². The summed E-state index contributed by atoms with van der Waals surface area (Å²) in [6, 6.07) is 16.2. The van der Waals surface area contributed by atoms with Crippen LogP contribution in [0.4, 0.5) is 4.39 Å². The Morgan fingerprint density at radius 1 is 0.974 bits per heavy atom. The molecule has 3 aromatic rings. The van der Waals surface area contributed by atoms with Crippen molar-refractivity contribution >= 4 is 45.0 Å². The van der Waals surface area contributed by atoms with Crippen LogP contribution in [0.5, 0.6) is 0 Å². The minimum Gasteiger partial charge on any atom is -0.350 e. The van der Waals surface area contributed by atoms with Gasteiger partial charge in [0, 0.05) is 36.1 Å². The Morgan fingerprint density at radius 3 is 2.23 bits per heavy atom. The van der Waals surface area contributed by atoms with Gasteiger partial charge in [-0.05, 0) is 66.4 Å². The first-order valence-corrected chi connectivity index (χ1v) is 14.6. The van der Waals surface area contributed by atoms with Crippen molar-refractivity contribution in [2.45, 2.75) is 50.7 Å². The van der Waals surface area contributed by atoms with Crippen molar-refractivity contribution in [2.75, 3.05) is 6.54 Å². The van der Waals surface area contributed by atoms with Gasteiger partial charge in [0.2, 0.25) is 21.8 Å². The molecule has 0 aliphatic rings. The monoisotopic (exact) mass is 593 g/mol. The summed E-state index contributed by atoms with van der Waals surface area (Å²) in [7, 11) is -3.57. The second kappa shape index (κ2) is 13.9. The number of hydrogen-bond donors (Lipinski definition) is 2. The molecule has 0 spiro atoms. The molecule has 7 nitrogen and oxygen atoms in total. The molecule has 208 valence electrons. The maximum Gasteiger partial charge on any atom is 0.242 e. The number of amides is 2. The van der Waals surface area contributed by atoms with Gasteiger partial charge in [0.05, 0.1) is 4.90 Å². The number of rotatable bonds is 12. The molecule has 11 heteroatoms. The molecule has 1 atom stereocenters. The first-order chi connectivity index (χ1) is 18.5. The normalized spacial score (nSPS) is 12.1. The fraction of sp³-hybridized carbons (Fsp3) is 0.286. The molecule has 0 aliphatic heterocycles. The Hall–Kier alpha value is -2.98. The van der Waals surface area contributed by atoms with Crippen molar-refractivity contribution in [1.82, 2.24) is 14.9 Å². The molecule has 0 heterocycles. The van der Waals surface area contributed by atoms with Gasteiger partial charge in [-0.25, -0.2) is 17.5 Å². The van der Waals surface area contributed by atoms with Gasteiger partial charge < -0.3 is 10.2 Å². The number of benzene rings is 3. The summed E-state index contributed by atoms with van der Waals surface area (Å²) in [5.74, 6) is -1.06. The zero-order valence-electron chi connectivity index (χ0n) is 21.6. The third-order valence-corrected chi connectivity index (χ3v) is 8.25. The highest BCUT2D eigenvalue weighted by Crippen LogP contribution is 2.21. The quantitative estimate of drug-likeness (QED) is 0.305.